The fraction of sp³-hybridized carbons (Fsp3) is 0.625. The number of rotatable bonds is 0. The van der Waals surface area contributed by atoms with Crippen molar-refractivity contribution in [2.24, 2.45) is 5.73 Å². The average Bonchev–Trinajstić information content (AvgIpc) is 2.48. The summed E-state index contributed by atoms with van der Waals surface area (Å²) >= 11 is 0. The molecule has 0 bridgehead atoms. The first-order valence-corrected chi connectivity index (χ1v) is 4.39. The zero-order chi connectivity index (χ0) is 10.3. The summed E-state index contributed by atoms with van der Waals surface area (Å²) in [5.41, 5.74) is 5.32. The Bertz CT molecular complexity index is 342. The van der Waals surface area contributed by atoms with Gasteiger partial charge in [-0.3, -0.25) is 4.68 Å². The van der Waals surface area contributed by atoms with Gasteiger partial charge in [0.1, 0.15) is 0 Å². The van der Waals surface area contributed by atoms with Gasteiger partial charge in [-0.05, 0) is 18.9 Å². The van der Waals surface area contributed by atoms with Crippen LogP contribution in [0.4, 0.5) is 13.2 Å². The Kier molecular flexibility index (Phi) is 2.02. The Morgan fingerprint density at radius 1 is 1.50 bits per heavy atom. The Morgan fingerprint density at radius 3 is 2.79 bits per heavy atom. The minimum absolute atomic E-state index is 0.313. The van der Waals surface area contributed by atoms with Gasteiger partial charge in [0.25, 0.3) is 0 Å². The number of aryl methyl sites for hydroxylation is 1. The van der Waals surface area contributed by atoms with Crippen molar-refractivity contribution in [2.45, 2.75) is 31.6 Å². The smallest absolute Gasteiger partial charge is 0.323 e. The van der Waals surface area contributed by atoms with Crippen molar-refractivity contribution in [1.82, 2.24) is 9.78 Å². The van der Waals surface area contributed by atoms with E-state index in [2.05, 4.69) is 5.10 Å². The lowest BCUT2D eigenvalue weighted by atomic mass is 10.1. The Hall–Kier alpha value is -1.04. The van der Waals surface area contributed by atoms with Gasteiger partial charge in [-0.25, -0.2) is 0 Å². The molecule has 2 N–H and O–H groups in total. The molecule has 0 spiro atoms. The highest BCUT2D eigenvalue weighted by Gasteiger charge is 2.36. The second-order valence-corrected chi connectivity index (χ2v) is 3.42. The predicted molar refractivity (Wildman–Crippen MR) is 43.4 cm³/mol. The molecular weight excluding hydrogens is 195 g/mol. The lowest BCUT2D eigenvalue weighted by Crippen LogP contribution is -2.21. The molecule has 1 aromatic heterocycles. The van der Waals surface area contributed by atoms with Gasteiger partial charge in [-0.15, -0.1) is 0 Å². The summed E-state index contributed by atoms with van der Waals surface area (Å²) in [6.45, 7) is 0.527. The molecule has 0 aliphatic carbocycles. The zero-order valence-corrected chi connectivity index (χ0v) is 7.38. The van der Waals surface area contributed by atoms with Crippen molar-refractivity contribution < 1.29 is 13.2 Å². The summed E-state index contributed by atoms with van der Waals surface area (Å²) in [5.74, 6) is 0. The highest BCUT2D eigenvalue weighted by molar-refractivity contribution is 5.17. The second kappa shape index (κ2) is 2.98. The first-order chi connectivity index (χ1) is 6.48. The third-order valence-corrected chi connectivity index (χ3v) is 2.37. The van der Waals surface area contributed by atoms with E-state index in [0.29, 0.717) is 12.2 Å². The minimum atomic E-state index is -4.37. The summed E-state index contributed by atoms with van der Waals surface area (Å²) in [6, 6.07) is 0.733. The topological polar surface area (TPSA) is 43.8 Å². The van der Waals surface area contributed by atoms with Gasteiger partial charge in [0.2, 0.25) is 0 Å². The van der Waals surface area contributed by atoms with Crippen LogP contribution in [0.15, 0.2) is 6.07 Å². The zero-order valence-electron chi connectivity index (χ0n) is 7.38. The Balaban J connectivity index is 2.40. The first-order valence-electron chi connectivity index (χ1n) is 4.39. The third-order valence-electron chi connectivity index (χ3n) is 2.37. The molecule has 14 heavy (non-hydrogen) atoms. The van der Waals surface area contributed by atoms with Gasteiger partial charge in [-0.2, -0.15) is 18.3 Å². The van der Waals surface area contributed by atoms with Crippen LogP contribution in [0.1, 0.15) is 30.3 Å². The molecule has 3 nitrogen and oxygen atoms in total. The van der Waals surface area contributed by atoms with Crippen molar-refractivity contribution in [3.8, 4) is 0 Å². The molecule has 0 saturated carbocycles. The highest BCUT2D eigenvalue weighted by atomic mass is 19.4. The van der Waals surface area contributed by atoms with Gasteiger partial charge < -0.3 is 5.73 Å². The number of nitrogens with zero attached hydrogens (tertiary/aromatic N) is 2. The number of aromatic nitrogens is 2. The van der Waals surface area contributed by atoms with E-state index in [1.54, 1.807) is 0 Å². The SMILES string of the molecule is N[C@H]1CCCn2nc(C(F)(F)F)cc21. The fourth-order valence-electron chi connectivity index (χ4n) is 1.66. The molecule has 1 atom stereocenters. The van der Waals surface area contributed by atoms with Crippen LogP contribution in [0.25, 0.3) is 0 Å². The molecule has 0 unspecified atom stereocenters. The molecule has 1 aliphatic rings. The van der Waals surface area contributed by atoms with E-state index in [0.717, 1.165) is 18.9 Å². The van der Waals surface area contributed by atoms with E-state index in [4.69, 9.17) is 5.73 Å². The van der Waals surface area contributed by atoms with Crippen LogP contribution < -0.4 is 5.73 Å². The van der Waals surface area contributed by atoms with Crippen LogP contribution in [0.5, 0.6) is 0 Å². The van der Waals surface area contributed by atoms with E-state index < -0.39 is 11.9 Å². The fourth-order valence-corrected chi connectivity index (χ4v) is 1.66. The number of nitrogens with two attached hydrogens (primary N) is 1. The summed E-state index contributed by atoms with van der Waals surface area (Å²) in [5, 5.41) is 3.48. The summed E-state index contributed by atoms with van der Waals surface area (Å²) < 4.78 is 38.2. The van der Waals surface area contributed by atoms with Crippen molar-refractivity contribution >= 4 is 0 Å². The predicted octanol–water partition coefficient (Wildman–Crippen LogP) is 1.70. The normalized spacial score (nSPS) is 22.1. The van der Waals surface area contributed by atoms with E-state index in [-0.39, 0.29) is 6.04 Å². The largest absolute Gasteiger partial charge is 0.435 e. The molecule has 78 valence electrons. The molecule has 0 saturated heterocycles. The van der Waals surface area contributed by atoms with Crippen LogP contribution in [-0.4, -0.2) is 9.78 Å². The maximum Gasteiger partial charge on any atom is 0.435 e. The Morgan fingerprint density at radius 2 is 2.21 bits per heavy atom. The monoisotopic (exact) mass is 205 g/mol. The molecule has 2 heterocycles. The van der Waals surface area contributed by atoms with E-state index in [1.807, 2.05) is 0 Å². The number of fused-ring (bicyclic) bond motifs is 1. The molecule has 0 radical (unpaired) electrons. The van der Waals surface area contributed by atoms with Crippen LogP contribution in [0.2, 0.25) is 0 Å². The molecule has 1 aliphatic heterocycles. The second-order valence-electron chi connectivity index (χ2n) is 3.42. The summed E-state index contributed by atoms with van der Waals surface area (Å²) in [6.07, 6.45) is -2.86. The summed E-state index contributed by atoms with van der Waals surface area (Å²) in [7, 11) is 0. The van der Waals surface area contributed by atoms with Crippen molar-refractivity contribution in [2.75, 3.05) is 0 Å². The van der Waals surface area contributed by atoms with Crippen molar-refractivity contribution in [3.63, 3.8) is 0 Å². The standard InChI is InChI=1S/C8H10F3N3/c9-8(10,11)7-4-6-5(12)2-1-3-14(6)13-7/h4-5H,1-3,12H2/t5-/m0/s1. The molecule has 2 rings (SSSR count). The highest BCUT2D eigenvalue weighted by Crippen LogP contribution is 2.32. The van der Waals surface area contributed by atoms with Crippen LogP contribution in [0.3, 0.4) is 0 Å². The molecule has 0 fully saturated rings. The van der Waals surface area contributed by atoms with Gasteiger partial charge >= 0.3 is 6.18 Å². The first kappa shape index (κ1) is 9.51. The average molecular weight is 205 g/mol. The number of hydrogen-bond acceptors (Lipinski definition) is 2. The quantitative estimate of drug-likeness (QED) is 0.700. The van der Waals surface area contributed by atoms with Gasteiger partial charge in [0.15, 0.2) is 5.69 Å². The maximum absolute atomic E-state index is 12.3. The maximum atomic E-state index is 12.3. The van der Waals surface area contributed by atoms with Crippen molar-refractivity contribution in [1.29, 1.82) is 0 Å². The van der Waals surface area contributed by atoms with Crippen LogP contribution >= 0.6 is 0 Å². The minimum Gasteiger partial charge on any atom is -0.323 e. The number of halogens is 3. The lowest BCUT2D eigenvalue weighted by Gasteiger charge is -2.19. The van der Waals surface area contributed by atoms with E-state index >= 15 is 0 Å². The van der Waals surface area contributed by atoms with E-state index in [1.165, 1.54) is 4.68 Å². The Labute approximate surface area is 78.7 Å². The molecule has 0 amide bonds. The van der Waals surface area contributed by atoms with E-state index in [9.17, 15) is 13.2 Å². The van der Waals surface area contributed by atoms with Crippen molar-refractivity contribution in [3.05, 3.63) is 17.5 Å². The number of hydrogen-bond donors (Lipinski definition) is 1. The molecule has 6 heteroatoms. The summed E-state index contributed by atoms with van der Waals surface area (Å²) in [4.78, 5) is 0. The molecule has 1 aromatic rings. The molecular formula is C8H10F3N3. The molecule has 0 aromatic carbocycles. The number of alkyl halides is 3. The van der Waals surface area contributed by atoms with Gasteiger partial charge in [0.05, 0.1) is 5.69 Å². The lowest BCUT2D eigenvalue weighted by molar-refractivity contribution is -0.141. The van der Waals surface area contributed by atoms with Crippen LogP contribution in [-0.2, 0) is 12.7 Å². The van der Waals surface area contributed by atoms with Crippen LogP contribution in [0, 0.1) is 0 Å². The third kappa shape index (κ3) is 1.50. The van der Waals surface area contributed by atoms with Gasteiger partial charge in [-0.1, -0.05) is 0 Å². The van der Waals surface area contributed by atoms with Gasteiger partial charge in [0, 0.05) is 12.6 Å².